The van der Waals surface area contributed by atoms with Crippen LogP contribution < -0.4 is 9.88 Å². The van der Waals surface area contributed by atoms with Gasteiger partial charge in [-0.15, -0.1) is 0 Å². The van der Waals surface area contributed by atoms with Crippen LogP contribution in [0.3, 0.4) is 0 Å². The SMILES string of the molecule is CCn1ncnc1COc1ccc(S(N)(=O)=O)cc1Br. The fourth-order valence-electron chi connectivity index (χ4n) is 1.58. The van der Waals surface area contributed by atoms with E-state index in [1.54, 1.807) is 4.68 Å². The van der Waals surface area contributed by atoms with Crippen molar-refractivity contribution in [3.8, 4) is 5.75 Å². The number of aryl methyl sites for hydroxylation is 1. The topological polar surface area (TPSA) is 100 Å². The molecule has 20 heavy (non-hydrogen) atoms. The molecule has 1 heterocycles. The quantitative estimate of drug-likeness (QED) is 0.865. The Morgan fingerprint density at radius 1 is 1.45 bits per heavy atom. The minimum atomic E-state index is -3.72. The predicted octanol–water partition coefficient (Wildman–Crippen LogP) is 1.29. The van der Waals surface area contributed by atoms with Crippen molar-refractivity contribution < 1.29 is 13.2 Å². The molecule has 108 valence electrons. The molecule has 0 saturated carbocycles. The summed E-state index contributed by atoms with van der Waals surface area (Å²) in [5.41, 5.74) is 0. The van der Waals surface area contributed by atoms with E-state index in [2.05, 4.69) is 26.0 Å². The molecular weight excluding hydrogens is 348 g/mol. The van der Waals surface area contributed by atoms with Crippen LogP contribution in [0.2, 0.25) is 0 Å². The van der Waals surface area contributed by atoms with Gasteiger partial charge in [-0.05, 0) is 41.1 Å². The third-order valence-electron chi connectivity index (χ3n) is 2.58. The van der Waals surface area contributed by atoms with Gasteiger partial charge in [0.2, 0.25) is 10.0 Å². The highest BCUT2D eigenvalue weighted by molar-refractivity contribution is 9.10. The molecule has 0 bridgehead atoms. The van der Waals surface area contributed by atoms with Crippen LogP contribution in [-0.2, 0) is 23.2 Å². The largest absolute Gasteiger partial charge is 0.484 e. The molecule has 9 heteroatoms. The van der Waals surface area contributed by atoms with Crippen molar-refractivity contribution in [2.75, 3.05) is 0 Å². The van der Waals surface area contributed by atoms with E-state index in [1.807, 2.05) is 6.92 Å². The van der Waals surface area contributed by atoms with E-state index >= 15 is 0 Å². The summed E-state index contributed by atoms with van der Waals surface area (Å²) in [7, 11) is -3.72. The molecule has 7 nitrogen and oxygen atoms in total. The summed E-state index contributed by atoms with van der Waals surface area (Å²) in [5, 5.41) is 9.09. The van der Waals surface area contributed by atoms with Crippen molar-refractivity contribution in [3.05, 3.63) is 34.8 Å². The van der Waals surface area contributed by atoms with E-state index in [-0.39, 0.29) is 11.5 Å². The van der Waals surface area contributed by atoms with E-state index in [4.69, 9.17) is 9.88 Å². The highest BCUT2D eigenvalue weighted by atomic mass is 79.9. The molecule has 0 amide bonds. The number of sulfonamides is 1. The molecule has 0 saturated heterocycles. The van der Waals surface area contributed by atoms with Crippen LogP contribution in [0, 0.1) is 0 Å². The standard InChI is InChI=1S/C11H13BrN4O3S/c1-2-16-11(14-7-15-16)6-19-10-4-3-8(5-9(10)12)20(13,17)18/h3-5,7H,2,6H2,1H3,(H2,13,17,18). The normalized spacial score (nSPS) is 11.6. The number of hydrogen-bond acceptors (Lipinski definition) is 5. The first-order valence-electron chi connectivity index (χ1n) is 5.73. The summed E-state index contributed by atoms with van der Waals surface area (Å²) < 4.78 is 30.2. The molecule has 0 unspecified atom stereocenters. The number of nitrogens with zero attached hydrogens (tertiary/aromatic N) is 3. The molecule has 2 N–H and O–H groups in total. The fraction of sp³-hybridized carbons (Fsp3) is 0.273. The van der Waals surface area contributed by atoms with Gasteiger partial charge in [0.05, 0.1) is 9.37 Å². The van der Waals surface area contributed by atoms with Crippen molar-refractivity contribution in [2.45, 2.75) is 25.0 Å². The summed E-state index contributed by atoms with van der Waals surface area (Å²) >= 11 is 3.25. The van der Waals surface area contributed by atoms with Gasteiger partial charge in [-0.2, -0.15) is 5.10 Å². The van der Waals surface area contributed by atoms with Crippen molar-refractivity contribution in [2.24, 2.45) is 5.14 Å². The fourth-order valence-corrected chi connectivity index (χ4v) is 2.77. The highest BCUT2D eigenvalue weighted by Crippen LogP contribution is 2.27. The Balaban J connectivity index is 2.15. The minimum absolute atomic E-state index is 0.0217. The first-order chi connectivity index (χ1) is 9.41. The lowest BCUT2D eigenvalue weighted by Crippen LogP contribution is -2.12. The second-order valence-electron chi connectivity index (χ2n) is 3.92. The van der Waals surface area contributed by atoms with Crippen molar-refractivity contribution >= 4 is 26.0 Å². The molecule has 0 spiro atoms. The number of rotatable bonds is 5. The van der Waals surface area contributed by atoms with Gasteiger partial charge in [0, 0.05) is 6.54 Å². The number of benzene rings is 1. The van der Waals surface area contributed by atoms with Crippen molar-refractivity contribution in [1.29, 1.82) is 0 Å². The van der Waals surface area contributed by atoms with Gasteiger partial charge in [-0.1, -0.05) is 0 Å². The third kappa shape index (κ3) is 3.35. The Hall–Kier alpha value is -1.45. The summed E-state index contributed by atoms with van der Waals surface area (Å²) in [5.74, 6) is 1.19. The monoisotopic (exact) mass is 360 g/mol. The molecule has 0 aliphatic carbocycles. The maximum Gasteiger partial charge on any atom is 0.238 e. The van der Waals surface area contributed by atoms with Crippen molar-refractivity contribution in [1.82, 2.24) is 14.8 Å². The van der Waals surface area contributed by atoms with E-state index < -0.39 is 10.0 Å². The Morgan fingerprint density at radius 2 is 2.20 bits per heavy atom. The Bertz CT molecular complexity index is 714. The zero-order valence-electron chi connectivity index (χ0n) is 10.7. The van der Waals surface area contributed by atoms with Gasteiger partial charge in [-0.25, -0.2) is 23.2 Å². The summed E-state index contributed by atoms with van der Waals surface area (Å²) in [6.07, 6.45) is 1.46. The van der Waals surface area contributed by atoms with Crippen LogP contribution in [0.25, 0.3) is 0 Å². The average Bonchev–Trinajstić information content (AvgIpc) is 2.83. The molecule has 2 aromatic rings. The molecule has 2 rings (SSSR count). The van der Waals surface area contributed by atoms with Gasteiger partial charge in [0.25, 0.3) is 0 Å². The zero-order valence-corrected chi connectivity index (χ0v) is 13.1. The van der Waals surface area contributed by atoms with Crippen LogP contribution in [0.15, 0.2) is 33.9 Å². The molecule has 0 atom stereocenters. The van der Waals surface area contributed by atoms with Gasteiger partial charge >= 0.3 is 0 Å². The molecular formula is C11H13BrN4O3S. The molecule has 1 aromatic heterocycles. The lowest BCUT2D eigenvalue weighted by Gasteiger charge is -2.09. The summed E-state index contributed by atoms with van der Waals surface area (Å²) in [4.78, 5) is 4.11. The van der Waals surface area contributed by atoms with Gasteiger partial charge in [0.1, 0.15) is 18.7 Å². The second-order valence-corrected chi connectivity index (χ2v) is 6.33. The average molecular weight is 361 g/mol. The Labute approximate surface area is 124 Å². The van der Waals surface area contributed by atoms with Gasteiger partial charge in [0.15, 0.2) is 5.82 Å². The van der Waals surface area contributed by atoms with Gasteiger partial charge < -0.3 is 4.74 Å². The number of primary sulfonamides is 1. The Kier molecular flexibility index (Phi) is 4.41. The summed E-state index contributed by atoms with van der Waals surface area (Å²) in [6, 6.07) is 4.33. The second kappa shape index (κ2) is 5.90. The summed E-state index contributed by atoms with van der Waals surface area (Å²) in [6.45, 7) is 2.89. The maximum atomic E-state index is 11.2. The lowest BCUT2D eigenvalue weighted by atomic mass is 10.3. The van der Waals surface area contributed by atoms with Crippen LogP contribution in [0.5, 0.6) is 5.75 Å². The minimum Gasteiger partial charge on any atom is -0.484 e. The first-order valence-corrected chi connectivity index (χ1v) is 8.07. The van der Waals surface area contributed by atoms with Gasteiger partial charge in [-0.3, -0.25) is 0 Å². The van der Waals surface area contributed by atoms with Crippen LogP contribution >= 0.6 is 15.9 Å². The molecule has 1 aromatic carbocycles. The molecule has 0 radical (unpaired) electrons. The maximum absolute atomic E-state index is 11.2. The predicted molar refractivity (Wildman–Crippen MR) is 75.5 cm³/mol. The number of nitrogens with two attached hydrogens (primary N) is 1. The van der Waals surface area contributed by atoms with E-state index in [9.17, 15) is 8.42 Å². The van der Waals surface area contributed by atoms with Crippen LogP contribution in [-0.4, -0.2) is 23.2 Å². The Morgan fingerprint density at radius 3 is 2.80 bits per heavy atom. The third-order valence-corrected chi connectivity index (χ3v) is 4.11. The van der Waals surface area contributed by atoms with Crippen LogP contribution in [0.4, 0.5) is 0 Å². The van der Waals surface area contributed by atoms with Crippen molar-refractivity contribution in [3.63, 3.8) is 0 Å². The molecule has 0 fully saturated rings. The van der Waals surface area contributed by atoms with E-state index in [0.29, 0.717) is 22.6 Å². The molecule has 0 aliphatic rings. The number of ether oxygens (including phenoxy) is 1. The van der Waals surface area contributed by atoms with E-state index in [0.717, 1.165) is 0 Å². The number of hydrogen-bond donors (Lipinski definition) is 1. The van der Waals surface area contributed by atoms with E-state index in [1.165, 1.54) is 24.5 Å². The number of aromatic nitrogens is 3. The number of halogens is 1. The molecule has 0 aliphatic heterocycles. The lowest BCUT2D eigenvalue weighted by molar-refractivity contribution is 0.285. The first kappa shape index (κ1) is 14.9. The zero-order chi connectivity index (χ0) is 14.8. The van der Waals surface area contributed by atoms with Crippen LogP contribution in [0.1, 0.15) is 12.7 Å². The smallest absolute Gasteiger partial charge is 0.238 e. The highest BCUT2D eigenvalue weighted by Gasteiger charge is 2.12.